The number of nitro groups is 2. The number of rotatable bonds is 5. The molecule has 9 heteroatoms. The van der Waals surface area contributed by atoms with Crippen molar-refractivity contribution in [1.29, 1.82) is 0 Å². The fourth-order valence-electron chi connectivity index (χ4n) is 2.70. The summed E-state index contributed by atoms with van der Waals surface area (Å²) in [6, 6.07) is 16.9. The zero-order chi connectivity index (χ0) is 21.0. The summed E-state index contributed by atoms with van der Waals surface area (Å²) in [5, 5.41) is 27.0. The van der Waals surface area contributed by atoms with E-state index in [0.29, 0.717) is 11.3 Å². The van der Waals surface area contributed by atoms with Gasteiger partial charge in [-0.2, -0.15) is 0 Å². The number of amides is 2. The van der Waals surface area contributed by atoms with Gasteiger partial charge < -0.3 is 10.6 Å². The van der Waals surface area contributed by atoms with Gasteiger partial charge in [0.1, 0.15) is 5.69 Å². The van der Waals surface area contributed by atoms with Gasteiger partial charge in [-0.15, -0.1) is 0 Å². The Balaban J connectivity index is 1.69. The van der Waals surface area contributed by atoms with E-state index in [4.69, 9.17) is 0 Å². The van der Waals surface area contributed by atoms with Gasteiger partial charge in [-0.05, 0) is 53.9 Å². The summed E-state index contributed by atoms with van der Waals surface area (Å²) in [6.45, 7) is 1.73. The summed E-state index contributed by atoms with van der Waals surface area (Å²) in [6.07, 6.45) is 0. The number of urea groups is 1. The van der Waals surface area contributed by atoms with Crippen molar-refractivity contribution >= 4 is 28.8 Å². The number of nitrogens with one attached hydrogen (secondary N) is 2. The number of hydrogen-bond donors (Lipinski definition) is 2. The van der Waals surface area contributed by atoms with Crippen molar-refractivity contribution in [2.75, 3.05) is 10.6 Å². The monoisotopic (exact) mass is 392 g/mol. The minimum Gasteiger partial charge on any atom is -0.308 e. The summed E-state index contributed by atoms with van der Waals surface area (Å²) < 4.78 is 0. The van der Waals surface area contributed by atoms with Crippen molar-refractivity contribution in [2.24, 2.45) is 0 Å². The summed E-state index contributed by atoms with van der Waals surface area (Å²) in [4.78, 5) is 33.0. The maximum absolute atomic E-state index is 12.2. The molecule has 0 heterocycles. The normalized spacial score (nSPS) is 10.2. The van der Waals surface area contributed by atoms with E-state index in [-0.39, 0.29) is 17.1 Å². The van der Waals surface area contributed by atoms with E-state index in [1.54, 1.807) is 49.4 Å². The number of anilines is 2. The standard InChI is InChI=1S/C20H16N4O5/c1-13-2-11-18(19(12-13)24(28)29)22-20(25)21-16-7-3-14(4-8-16)15-5-9-17(10-6-15)23(26)27/h2-12H,1H3,(H2,21,22,25). The second-order valence-electron chi connectivity index (χ2n) is 6.24. The Bertz CT molecular complexity index is 1080. The molecule has 0 radical (unpaired) electrons. The van der Waals surface area contributed by atoms with Gasteiger partial charge in [0.25, 0.3) is 11.4 Å². The Hall–Kier alpha value is -4.27. The van der Waals surface area contributed by atoms with Gasteiger partial charge in [-0.25, -0.2) is 4.79 Å². The van der Waals surface area contributed by atoms with Crippen molar-refractivity contribution in [3.8, 4) is 11.1 Å². The predicted molar refractivity (Wildman–Crippen MR) is 109 cm³/mol. The molecule has 0 saturated carbocycles. The first-order valence-electron chi connectivity index (χ1n) is 8.51. The van der Waals surface area contributed by atoms with Crippen molar-refractivity contribution < 1.29 is 14.6 Å². The average molecular weight is 392 g/mol. The molecule has 0 atom stereocenters. The average Bonchev–Trinajstić information content (AvgIpc) is 2.70. The Morgan fingerprint density at radius 3 is 1.93 bits per heavy atom. The summed E-state index contributed by atoms with van der Waals surface area (Å²) in [7, 11) is 0. The van der Waals surface area contributed by atoms with Crippen LogP contribution in [0.15, 0.2) is 66.7 Å². The second kappa shape index (κ2) is 8.17. The molecule has 3 aromatic carbocycles. The van der Waals surface area contributed by atoms with Crippen LogP contribution in [0.1, 0.15) is 5.56 Å². The highest BCUT2D eigenvalue weighted by Gasteiger charge is 2.16. The van der Waals surface area contributed by atoms with Gasteiger partial charge in [0.15, 0.2) is 0 Å². The Kier molecular flexibility index (Phi) is 5.49. The summed E-state index contributed by atoms with van der Waals surface area (Å²) in [5.74, 6) is 0. The molecule has 0 aliphatic rings. The first-order chi connectivity index (χ1) is 13.8. The molecule has 146 valence electrons. The fraction of sp³-hybridized carbons (Fsp3) is 0.0500. The number of benzene rings is 3. The van der Waals surface area contributed by atoms with Gasteiger partial charge >= 0.3 is 6.03 Å². The van der Waals surface area contributed by atoms with E-state index in [0.717, 1.165) is 11.1 Å². The molecular formula is C20H16N4O5. The van der Waals surface area contributed by atoms with Crippen LogP contribution >= 0.6 is 0 Å². The van der Waals surface area contributed by atoms with Crippen LogP contribution in [-0.2, 0) is 0 Å². The molecule has 0 saturated heterocycles. The Morgan fingerprint density at radius 1 is 0.793 bits per heavy atom. The van der Waals surface area contributed by atoms with E-state index < -0.39 is 15.9 Å². The molecule has 2 N–H and O–H groups in total. The number of carbonyl (C=O) groups excluding carboxylic acids is 1. The molecule has 9 nitrogen and oxygen atoms in total. The van der Waals surface area contributed by atoms with E-state index in [1.807, 2.05) is 0 Å². The highest BCUT2D eigenvalue weighted by atomic mass is 16.6. The molecule has 3 aromatic rings. The first kappa shape index (κ1) is 19.5. The molecule has 3 rings (SSSR count). The van der Waals surface area contributed by atoms with E-state index in [1.165, 1.54) is 24.3 Å². The molecule has 0 aliphatic heterocycles. The third-order valence-corrected chi connectivity index (χ3v) is 4.15. The highest BCUT2D eigenvalue weighted by molar-refractivity contribution is 6.01. The molecule has 0 aliphatic carbocycles. The smallest absolute Gasteiger partial charge is 0.308 e. The van der Waals surface area contributed by atoms with E-state index in [2.05, 4.69) is 10.6 Å². The number of nitro benzene ring substituents is 2. The van der Waals surface area contributed by atoms with Crippen LogP contribution in [0.3, 0.4) is 0 Å². The lowest BCUT2D eigenvalue weighted by Gasteiger charge is -2.09. The van der Waals surface area contributed by atoms with Crippen molar-refractivity contribution in [2.45, 2.75) is 6.92 Å². The van der Waals surface area contributed by atoms with E-state index >= 15 is 0 Å². The van der Waals surface area contributed by atoms with Crippen molar-refractivity contribution in [1.82, 2.24) is 0 Å². The number of non-ortho nitro benzene ring substituents is 1. The maximum Gasteiger partial charge on any atom is 0.323 e. The van der Waals surface area contributed by atoms with Gasteiger partial charge in [0.2, 0.25) is 0 Å². The molecule has 29 heavy (non-hydrogen) atoms. The number of carbonyl (C=O) groups is 1. The van der Waals surface area contributed by atoms with Gasteiger partial charge in [0.05, 0.1) is 9.85 Å². The number of hydrogen-bond acceptors (Lipinski definition) is 5. The lowest BCUT2D eigenvalue weighted by molar-refractivity contribution is -0.384. The van der Waals surface area contributed by atoms with Gasteiger partial charge in [-0.1, -0.05) is 18.2 Å². The lowest BCUT2D eigenvalue weighted by atomic mass is 10.1. The lowest BCUT2D eigenvalue weighted by Crippen LogP contribution is -2.20. The Morgan fingerprint density at radius 2 is 1.38 bits per heavy atom. The predicted octanol–water partition coefficient (Wildman–Crippen LogP) is 5.12. The summed E-state index contributed by atoms with van der Waals surface area (Å²) in [5.41, 5.74) is 2.73. The minimum atomic E-state index is -0.611. The van der Waals surface area contributed by atoms with Crippen molar-refractivity contribution in [3.05, 3.63) is 92.5 Å². The van der Waals surface area contributed by atoms with E-state index in [9.17, 15) is 25.0 Å². The summed E-state index contributed by atoms with van der Waals surface area (Å²) >= 11 is 0. The molecule has 0 bridgehead atoms. The maximum atomic E-state index is 12.2. The molecule has 2 amide bonds. The Labute approximate surface area is 165 Å². The second-order valence-corrected chi connectivity index (χ2v) is 6.24. The van der Waals surface area contributed by atoms with Crippen LogP contribution in [-0.4, -0.2) is 15.9 Å². The van der Waals surface area contributed by atoms with Gasteiger partial charge in [-0.3, -0.25) is 20.2 Å². The van der Waals surface area contributed by atoms with Crippen LogP contribution in [0.5, 0.6) is 0 Å². The van der Waals surface area contributed by atoms with Crippen LogP contribution in [0.25, 0.3) is 11.1 Å². The van der Waals surface area contributed by atoms with Crippen molar-refractivity contribution in [3.63, 3.8) is 0 Å². The SMILES string of the molecule is Cc1ccc(NC(=O)Nc2ccc(-c3ccc([N+](=O)[O-])cc3)cc2)c([N+](=O)[O-])c1. The fourth-order valence-corrected chi connectivity index (χ4v) is 2.70. The van der Waals surface area contributed by atoms with Crippen LogP contribution in [0.2, 0.25) is 0 Å². The third-order valence-electron chi connectivity index (χ3n) is 4.15. The largest absolute Gasteiger partial charge is 0.323 e. The molecular weight excluding hydrogens is 376 g/mol. The quantitative estimate of drug-likeness (QED) is 0.460. The number of aryl methyl sites for hydroxylation is 1. The van der Waals surface area contributed by atoms with Crippen LogP contribution in [0.4, 0.5) is 27.5 Å². The zero-order valence-electron chi connectivity index (χ0n) is 15.3. The number of nitrogens with zero attached hydrogens (tertiary/aromatic N) is 2. The first-order valence-corrected chi connectivity index (χ1v) is 8.51. The zero-order valence-corrected chi connectivity index (χ0v) is 15.3. The highest BCUT2D eigenvalue weighted by Crippen LogP contribution is 2.26. The van der Waals surface area contributed by atoms with Crippen LogP contribution < -0.4 is 10.6 Å². The minimum absolute atomic E-state index is 0.00825. The third kappa shape index (κ3) is 4.72. The molecule has 0 fully saturated rings. The van der Waals surface area contributed by atoms with Crippen LogP contribution in [0, 0.1) is 27.2 Å². The van der Waals surface area contributed by atoms with Gasteiger partial charge in [0, 0.05) is 23.9 Å². The topological polar surface area (TPSA) is 127 Å². The molecule has 0 spiro atoms. The molecule has 0 unspecified atom stereocenters. The molecule has 0 aromatic heterocycles.